The molecule has 0 unspecified atom stereocenters. The van der Waals surface area contributed by atoms with Crippen molar-refractivity contribution in [2.75, 3.05) is 18.0 Å². The first kappa shape index (κ1) is 15.4. The van der Waals surface area contributed by atoms with Crippen molar-refractivity contribution in [2.24, 2.45) is 0 Å². The fraction of sp³-hybridized carbons (Fsp3) is 0.412. The van der Waals surface area contributed by atoms with Crippen LogP contribution in [0.4, 0.5) is 5.69 Å². The summed E-state index contributed by atoms with van der Waals surface area (Å²) in [6.07, 6.45) is 8.67. The molecule has 2 aromatic heterocycles. The Morgan fingerprint density at radius 1 is 1.05 bits per heavy atom. The zero-order chi connectivity index (χ0) is 14.9. The van der Waals surface area contributed by atoms with Crippen LogP contribution in [-0.4, -0.2) is 23.1 Å². The van der Waals surface area contributed by atoms with Crippen LogP contribution in [0.15, 0.2) is 43.0 Å². The molecule has 0 fully saturated rings. The summed E-state index contributed by atoms with van der Waals surface area (Å²) in [6.45, 7) is 8.12. The van der Waals surface area contributed by atoms with Gasteiger partial charge in [0.15, 0.2) is 0 Å². The Morgan fingerprint density at radius 2 is 1.81 bits per heavy atom. The van der Waals surface area contributed by atoms with Gasteiger partial charge in [0.25, 0.3) is 0 Å². The average molecular weight is 284 g/mol. The van der Waals surface area contributed by atoms with Crippen LogP contribution in [0, 0.1) is 0 Å². The fourth-order valence-corrected chi connectivity index (χ4v) is 2.32. The van der Waals surface area contributed by atoms with E-state index in [0.29, 0.717) is 0 Å². The van der Waals surface area contributed by atoms with Crippen LogP contribution in [-0.2, 0) is 13.1 Å². The van der Waals surface area contributed by atoms with Gasteiger partial charge in [0, 0.05) is 38.2 Å². The molecular weight excluding hydrogens is 260 g/mol. The molecular formula is C17H24N4. The summed E-state index contributed by atoms with van der Waals surface area (Å²) < 4.78 is 0. The van der Waals surface area contributed by atoms with Crippen LogP contribution in [0.3, 0.4) is 0 Å². The molecule has 1 N–H and O–H groups in total. The summed E-state index contributed by atoms with van der Waals surface area (Å²) in [6, 6.07) is 6.23. The summed E-state index contributed by atoms with van der Waals surface area (Å²) in [5, 5.41) is 3.47. The van der Waals surface area contributed by atoms with Crippen LogP contribution in [0.1, 0.15) is 31.4 Å². The molecule has 4 nitrogen and oxygen atoms in total. The van der Waals surface area contributed by atoms with Gasteiger partial charge in [0.2, 0.25) is 0 Å². The van der Waals surface area contributed by atoms with Gasteiger partial charge in [0.1, 0.15) is 0 Å². The van der Waals surface area contributed by atoms with Crippen molar-refractivity contribution in [1.29, 1.82) is 0 Å². The lowest BCUT2D eigenvalue weighted by Gasteiger charge is -2.25. The number of pyridine rings is 2. The molecule has 0 saturated heterocycles. The molecule has 2 rings (SSSR count). The smallest absolute Gasteiger partial charge is 0.0601 e. The standard InChI is InChI=1S/C17H24N4/c1-3-8-19-12-16-7-11-20-13-17(16)21(4-2)14-15-5-9-18-10-6-15/h5-7,9-11,13,19H,3-4,8,12,14H2,1-2H3. The van der Waals surface area contributed by atoms with Crippen molar-refractivity contribution in [3.63, 3.8) is 0 Å². The number of anilines is 1. The number of rotatable bonds is 8. The number of hydrogen-bond donors (Lipinski definition) is 1. The van der Waals surface area contributed by atoms with E-state index in [2.05, 4.69) is 52.2 Å². The van der Waals surface area contributed by atoms with Crippen LogP contribution >= 0.6 is 0 Å². The molecule has 112 valence electrons. The molecule has 0 radical (unpaired) electrons. The van der Waals surface area contributed by atoms with Crippen LogP contribution < -0.4 is 10.2 Å². The van der Waals surface area contributed by atoms with E-state index in [0.717, 1.165) is 32.6 Å². The van der Waals surface area contributed by atoms with E-state index in [1.165, 1.54) is 16.8 Å². The van der Waals surface area contributed by atoms with Crippen LogP contribution in [0.2, 0.25) is 0 Å². The highest BCUT2D eigenvalue weighted by atomic mass is 15.1. The molecule has 0 aliphatic rings. The van der Waals surface area contributed by atoms with Gasteiger partial charge in [-0.15, -0.1) is 0 Å². The highest BCUT2D eigenvalue weighted by molar-refractivity contribution is 5.52. The summed E-state index contributed by atoms with van der Waals surface area (Å²) in [5.41, 5.74) is 3.78. The average Bonchev–Trinajstić information content (AvgIpc) is 2.54. The molecule has 2 heterocycles. The highest BCUT2D eigenvalue weighted by Gasteiger charge is 2.10. The summed E-state index contributed by atoms with van der Waals surface area (Å²) in [5.74, 6) is 0. The molecule has 0 bridgehead atoms. The Bertz CT molecular complexity index is 527. The maximum atomic E-state index is 4.30. The monoisotopic (exact) mass is 284 g/mol. The van der Waals surface area contributed by atoms with E-state index in [1.54, 1.807) is 0 Å². The number of hydrogen-bond acceptors (Lipinski definition) is 4. The van der Waals surface area contributed by atoms with Gasteiger partial charge in [-0.1, -0.05) is 6.92 Å². The minimum atomic E-state index is 0.880. The zero-order valence-corrected chi connectivity index (χ0v) is 12.9. The highest BCUT2D eigenvalue weighted by Crippen LogP contribution is 2.21. The minimum Gasteiger partial charge on any atom is -0.366 e. The van der Waals surface area contributed by atoms with Gasteiger partial charge in [-0.3, -0.25) is 9.97 Å². The largest absolute Gasteiger partial charge is 0.366 e. The number of nitrogens with one attached hydrogen (secondary N) is 1. The van der Waals surface area contributed by atoms with Crippen molar-refractivity contribution in [3.8, 4) is 0 Å². The Balaban J connectivity index is 2.13. The minimum absolute atomic E-state index is 0.880. The first-order chi connectivity index (χ1) is 10.3. The van der Waals surface area contributed by atoms with Crippen molar-refractivity contribution in [1.82, 2.24) is 15.3 Å². The molecule has 0 aliphatic carbocycles. The van der Waals surface area contributed by atoms with Gasteiger partial charge < -0.3 is 10.2 Å². The maximum Gasteiger partial charge on any atom is 0.0601 e. The normalized spacial score (nSPS) is 10.6. The topological polar surface area (TPSA) is 41.1 Å². The Labute approximate surface area is 127 Å². The molecule has 21 heavy (non-hydrogen) atoms. The van der Waals surface area contributed by atoms with Gasteiger partial charge in [-0.05, 0) is 49.2 Å². The fourth-order valence-electron chi connectivity index (χ4n) is 2.32. The van der Waals surface area contributed by atoms with Crippen molar-refractivity contribution < 1.29 is 0 Å². The second kappa shape index (κ2) is 8.37. The summed E-state index contributed by atoms with van der Waals surface area (Å²) in [4.78, 5) is 10.7. The van der Waals surface area contributed by atoms with Gasteiger partial charge >= 0.3 is 0 Å². The third kappa shape index (κ3) is 4.53. The van der Waals surface area contributed by atoms with Crippen LogP contribution in [0.25, 0.3) is 0 Å². The van der Waals surface area contributed by atoms with E-state index in [1.807, 2.05) is 24.8 Å². The molecule has 4 heteroatoms. The number of nitrogens with zero attached hydrogens (tertiary/aromatic N) is 3. The Morgan fingerprint density at radius 3 is 2.52 bits per heavy atom. The van der Waals surface area contributed by atoms with Crippen LogP contribution in [0.5, 0.6) is 0 Å². The van der Waals surface area contributed by atoms with Gasteiger partial charge in [0.05, 0.1) is 11.9 Å². The Hall–Kier alpha value is -1.94. The lowest BCUT2D eigenvalue weighted by molar-refractivity contribution is 0.671. The first-order valence-electron chi connectivity index (χ1n) is 7.62. The Kier molecular flexibility index (Phi) is 6.16. The van der Waals surface area contributed by atoms with E-state index in [-0.39, 0.29) is 0 Å². The number of aromatic nitrogens is 2. The lowest BCUT2D eigenvalue weighted by Crippen LogP contribution is -2.25. The molecule has 0 spiro atoms. The van der Waals surface area contributed by atoms with E-state index < -0.39 is 0 Å². The van der Waals surface area contributed by atoms with Crippen molar-refractivity contribution in [2.45, 2.75) is 33.4 Å². The van der Waals surface area contributed by atoms with E-state index >= 15 is 0 Å². The lowest BCUT2D eigenvalue weighted by atomic mass is 10.1. The predicted molar refractivity (Wildman–Crippen MR) is 87.2 cm³/mol. The third-order valence-electron chi connectivity index (χ3n) is 3.48. The van der Waals surface area contributed by atoms with E-state index in [9.17, 15) is 0 Å². The second-order valence-electron chi connectivity index (χ2n) is 5.05. The molecule has 0 aromatic carbocycles. The third-order valence-corrected chi connectivity index (χ3v) is 3.48. The van der Waals surface area contributed by atoms with Gasteiger partial charge in [-0.2, -0.15) is 0 Å². The summed E-state index contributed by atoms with van der Waals surface area (Å²) >= 11 is 0. The quantitative estimate of drug-likeness (QED) is 0.757. The summed E-state index contributed by atoms with van der Waals surface area (Å²) in [7, 11) is 0. The second-order valence-corrected chi connectivity index (χ2v) is 5.05. The molecule has 0 saturated carbocycles. The van der Waals surface area contributed by atoms with Crippen molar-refractivity contribution in [3.05, 3.63) is 54.1 Å². The maximum absolute atomic E-state index is 4.30. The van der Waals surface area contributed by atoms with Gasteiger partial charge in [-0.25, -0.2) is 0 Å². The zero-order valence-electron chi connectivity index (χ0n) is 12.9. The first-order valence-corrected chi connectivity index (χ1v) is 7.62. The molecule has 0 amide bonds. The van der Waals surface area contributed by atoms with E-state index in [4.69, 9.17) is 0 Å². The SMILES string of the molecule is CCCNCc1ccncc1N(CC)Cc1ccncc1. The molecule has 0 aliphatic heterocycles. The predicted octanol–water partition coefficient (Wildman–Crippen LogP) is 3.00. The molecule has 2 aromatic rings. The van der Waals surface area contributed by atoms with Crippen molar-refractivity contribution >= 4 is 5.69 Å². The molecule has 0 atom stereocenters.